The number of hydrogen-bond donors (Lipinski definition) is 1. The fourth-order valence-electron chi connectivity index (χ4n) is 3.45. The molecule has 3 rings (SSSR count). The normalized spacial score (nSPS) is 16.5. The van der Waals surface area contributed by atoms with Crippen LogP contribution >= 0.6 is 0 Å². The maximum absolute atomic E-state index is 13.0. The van der Waals surface area contributed by atoms with Crippen molar-refractivity contribution in [2.24, 2.45) is 5.92 Å². The van der Waals surface area contributed by atoms with Gasteiger partial charge in [0.05, 0.1) is 23.3 Å². The van der Waals surface area contributed by atoms with Gasteiger partial charge in [0.25, 0.3) is 5.91 Å². The molecule has 1 aliphatic rings. The van der Waals surface area contributed by atoms with Crippen molar-refractivity contribution in [2.75, 3.05) is 4.90 Å². The molecule has 0 bridgehead atoms. The van der Waals surface area contributed by atoms with E-state index in [4.69, 9.17) is 4.74 Å². The Morgan fingerprint density at radius 1 is 1.00 bits per heavy atom. The first-order valence-electron chi connectivity index (χ1n) is 9.89. The van der Waals surface area contributed by atoms with Crippen molar-refractivity contribution in [1.82, 2.24) is 0 Å². The van der Waals surface area contributed by atoms with Gasteiger partial charge in [-0.1, -0.05) is 50.2 Å². The smallest absolute Gasteiger partial charge is 0.338 e. The van der Waals surface area contributed by atoms with Gasteiger partial charge in [0.15, 0.2) is 11.5 Å². The van der Waals surface area contributed by atoms with Crippen molar-refractivity contribution in [3.05, 3.63) is 77.1 Å². The van der Waals surface area contributed by atoms with Crippen molar-refractivity contribution in [3.63, 3.8) is 0 Å². The fraction of sp³-hybridized carbons (Fsp3) is 0.292. The molecule has 0 aromatic heterocycles. The molecule has 2 aromatic rings. The lowest BCUT2D eigenvalue weighted by Gasteiger charge is -2.27. The summed E-state index contributed by atoms with van der Waals surface area (Å²) in [5, 5.41) is 10.6. The molecule has 1 N–H and O–H groups in total. The van der Waals surface area contributed by atoms with Gasteiger partial charge in [-0.05, 0) is 37.6 Å². The number of hydrogen-bond acceptors (Lipinski definition) is 5. The number of ketones is 1. The van der Waals surface area contributed by atoms with Gasteiger partial charge in [-0.2, -0.15) is 0 Å². The number of amides is 1. The number of aliphatic hydroxyl groups excluding tert-OH is 1. The highest BCUT2D eigenvalue weighted by Crippen LogP contribution is 2.41. The Labute approximate surface area is 175 Å². The molecule has 1 aliphatic heterocycles. The topological polar surface area (TPSA) is 83.9 Å². The number of aliphatic hydroxyl groups is 1. The van der Waals surface area contributed by atoms with Crippen LogP contribution in [-0.2, 0) is 14.3 Å². The first-order valence-corrected chi connectivity index (χ1v) is 9.89. The molecule has 0 saturated heterocycles. The van der Waals surface area contributed by atoms with Crippen LogP contribution in [0.3, 0.4) is 0 Å². The molecule has 1 unspecified atom stereocenters. The van der Waals surface area contributed by atoms with Crippen LogP contribution in [0.1, 0.15) is 49.7 Å². The molecule has 0 aliphatic carbocycles. The van der Waals surface area contributed by atoms with E-state index in [0.29, 0.717) is 11.3 Å². The highest BCUT2D eigenvalue weighted by Gasteiger charge is 2.44. The second-order valence-corrected chi connectivity index (χ2v) is 7.77. The standard InChI is InChI=1S/C24H25NO5/c1-14(2)21(26)19-20(16-9-6-5-7-10-16)25(23(28)22(19)27)18-12-8-11-17(13-18)24(29)30-15(3)4/h5-15,20,27H,1-4H3. The summed E-state index contributed by atoms with van der Waals surface area (Å²) in [5.41, 5.74) is 1.43. The third kappa shape index (κ3) is 3.99. The molecule has 156 valence electrons. The molecule has 0 radical (unpaired) electrons. The van der Waals surface area contributed by atoms with E-state index < -0.39 is 29.6 Å². The molecule has 2 aromatic carbocycles. The average Bonchev–Trinajstić information content (AvgIpc) is 2.98. The maximum Gasteiger partial charge on any atom is 0.338 e. The van der Waals surface area contributed by atoms with Crippen molar-refractivity contribution in [2.45, 2.75) is 39.8 Å². The monoisotopic (exact) mass is 407 g/mol. The summed E-state index contributed by atoms with van der Waals surface area (Å²) in [6.45, 7) is 6.95. The van der Waals surface area contributed by atoms with Crippen LogP contribution in [0.4, 0.5) is 5.69 Å². The number of anilines is 1. The lowest BCUT2D eigenvalue weighted by molar-refractivity contribution is -0.119. The fourth-order valence-corrected chi connectivity index (χ4v) is 3.45. The molecule has 1 heterocycles. The van der Waals surface area contributed by atoms with Crippen molar-refractivity contribution in [3.8, 4) is 0 Å². The summed E-state index contributed by atoms with van der Waals surface area (Å²) < 4.78 is 5.25. The summed E-state index contributed by atoms with van der Waals surface area (Å²) in [4.78, 5) is 39.6. The molecule has 1 amide bonds. The maximum atomic E-state index is 13.0. The Hall–Kier alpha value is -3.41. The van der Waals surface area contributed by atoms with E-state index in [9.17, 15) is 19.5 Å². The van der Waals surface area contributed by atoms with Gasteiger partial charge in [-0.25, -0.2) is 4.79 Å². The largest absolute Gasteiger partial charge is 0.503 e. The number of nitrogens with zero attached hydrogens (tertiary/aromatic N) is 1. The highest BCUT2D eigenvalue weighted by atomic mass is 16.5. The third-order valence-corrected chi connectivity index (χ3v) is 4.82. The predicted molar refractivity (Wildman–Crippen MR) is 113 cm³/mol. The van der Waals surface area contributed by atoms with Gasteiger partial charge >= 0.3 is 5.97 Å². The quantitative estimate of drug-likeness (QED) is 0.719. The van der Waals surface area contributed by atoms with E-state index in [-0.39, 0.29) is 23.0 Å². The molecule has 6 heteroatoms. The zero-order valence-electron chi connectivity index (χ0n) is 17.5. The predicted octanol–water partition coefficient (Wildman–Crippen LogP) is 4.38. The van der Waals surface area contributed by atoms with Gasteiger partial charge in [0, 0.05) is 11.6 Å². The lowest BCUT2D eigenvalue weighted by atomic mass is 9.91. The van der Waals surface area contributed by atoms with E-state index in [2.05, 4.69) is 0 Å². The first-order chi connectivity index (χ1) is 14.2. The van der Waals surface area contributed by atoms with E-state index >= 15 is 0 Å². The summed E-state index contributed by atoms with van der Waals surface area (Å²) in [6.07, 6.45) is -0.285. The molecule has 0 spiro atoms. The Kier molecular flexibility index (Phi) is 6.06. The second kappa shape index (κ2) is 8.53. The molecular weight excluding hydrogens is 382 g/mol. The Bertz CT molecular complexity index is 1010. The molecule has 0 fully saturated rings. The molecule has 1 atom stereocenters. The summed E-state index contributed by atoms with van der Waals surface area (Å²) >= 11 is 0. The van der Waals surface area contributed by atoms with Gasteiger partial charge in [0.2, 0.25) is 0 Å². The third-order valence-electron chi connectivity index (χ3n) is 4.82. The minimum absolute atomic E-state index is 0.0661. The van der Waals surface area contributed by atoms with Gasteiger partial charge < -0.3 is 9.84 Å². The van der Waals surface area contributed by atoms with E-state index in [0.717, 1.165) is 0 Å². The van der Waals surface area contributed by atoms with E-state index in [1.165, 1.54) is 11.0 Å². The average molecular weight is 407 g/mol. The van der Waals surface area contributed by atoms with Crippen LogP contribution in [0.2, 0.25) is 0 Å². The van der Waals surface area contributed by atoms with Crippen LogP contribution in [0, 0.1) is 5.92 Å². The van der Waals surface area contributed by atoms with Crippen LogP contribution in [0.5, 0.6) is 0 Å². The van der Waals surface area contributed by atoms with Crippen LogP contribution in [-0.4, -0.2) is 28.9 Å². The van der Waals surface area contributed by atoms with E-state index in [1.54, 1.807) is 70.2 Å². The van der Waals surface area contributed by atoms with Crippen LogP contribution in [0.25, 0.3) is 0 Å². The zero-order valence-corrected chi connectivity index (χ0v) is 17.5. The van der Waals surface area contributed by atoms with Crippen LogP contribution < -0.4 is 4.90 Å². The van der Waals surface area contributed by atoms with Gasteiger partial charge in [-0.15, -0.1) is 0 Å². The molecule has 6 nitrogen and oxygen atoms in total. The lowest BCUT2D eigenvalue weighted by Crippen LogP contribution is -2.31. The van der Waals surface area contributed by atoms with Crippen molar-refractivity contribution < 1.29 is 24.2 Å². The molecule has 30 heavy (non-hydrogen) atoms. The number of ether oxygens (including phenoxy) is 1. The first kappa shape index (κ1) is 21.3. The Balaban J connectivity index is 2.11. The number of rotatable bonds is 6. The number of carbonyl (C=O) groups excluding carboxylic acids is 3. The summed E-state index contributed by atoms with van der Waals surface area (Å²) in [5.74, 6) is -2.44. The van der Waals surface area contributed by atoms with Gasteiger partial charge in [0.1, 0.15) is 0 Å². The van der Waals surface area contributed by atoms with Crippen molar-refractivity contribution in [1.29, 1.82) is 0 Å². The second-order valence-electron chi connectivity index (χ2n) is 7.77. The molecule has 0 saturated carbocycles. The number of benzene rings is 2. The highest BCUT2D eigenvalue weighted by molar-refractivity contribution is 6.17. The summed E-state index contributed by atoms with van der Waals surface area (Å²) in [7, 11) is 0. The molecular formula is C24H25NO5. The van der Waals surface area contributed by atoms with Crippen LogP contribution in [0.15, 0.2) is 65.9 Å². The zero-order chi connectivity index (χ0) is 22.0. The Morgan fingerprint density at radius 3 is 2.27 bits per heavy atom. The minimum Gasteiger partial charge on any atom is -0.503 e. The van der Waals surface area contributed by atoms with Gasteiger partial charge in [-0.3, -0.25) is 14.5 Å². The number of carbonyl (C=O) groups is 3. The minimum atomic E-state index is -0.787. The van der Waals surface area contributed by atoms with Crippen molar-refractivity contribution >= 4 is 23.3 Å². The van der Waals surface area contributed by atoms with E-state index in [1.807, 2.05) is 6.07 Å². The Morgan fingerprint density at radius 2 is 1.67 bits per heavy atom. The summed E-state index contributed by atoms with van der Waals surface area (Å²) in [6, 6.07) is 14.7. The number of Topliss-reactive ketones (excluding diaryl/α,β-unsaturated/α-hetero) is 1. The SMILES string of the molecule is CC(C)OC(=O)c1cccc(N2C(=O)C(O)=C(C(=O)C(C)C)C2c2ccccc2)c1. The number of esters is 1.